The number of nitrogens with zero attached hydrogens (tertiary/aromatic N) is 1. The van der Waals surface area contributed by atoms with E-state index in [1.54, 1.807) is 24.5 Å². The molecule has 204 valence electrons. The van der Waals surface area contributed by atoms with Crippen LogP contribution in [0.1, 0.15) is 60.0 Å². The molecule has 0 fully saturated rings. The second-order valence-corrected chi connectivity index (χ2v) is 9.40. The largest absolute Gasteiger partial charge is 0.507 e. The molecule has 1 aromatic heterocycles. The molecule has 0 saturated heterocycles. The van der Waals surface area contributed by atoms with Gasteiger partial charge < -0.3 is 25.6 Å². The third-order valence-corrected chi connectivity index (χ3v) is 6.58. The molecule has 5 N–H and O–H groups in total. The minimum Gasteiger partial charge on any atom is -0.507 e. The zero-order valence-electron chi connectivity index (χ0n) is 22.3. The van der Waals surface area contributed by atoms with Crippen LogP contribution in [0.2, 0.25) is 0 Å². The fraction of sp³-hybridized carbons (Fsp3) is 0.400. The van der Waals surface area contributed by atoms with E-state index < -0.39 is 6.23 Å². The molecule has 3 atom stereocenters. The van der Waals surface area contributed by atoms with E-state index in [0.29, 0.717) is 25.4 Å². The number of aliphatic hydroxyl groups excluding tert-OH is 1. The van der Waals surface area contributed by atoms with Crippen LogP contribution in [0, 0.1) is 0 Å². The van der Waals surface area contributed by atoms with Crippen molar-refractivity contribution < 1.29 is 19.7 Å². The first-order valence-corrected chi connectivity index (χ1v) is 13.2. The number of nitrogens with one attached hydrogen (secondary N) is 3. The van der Waals surface area contributed by atoms with Crippen molar-refractivity contribution in [3.63, 3.8) is 0 Å². The summed E-state index contributed by atoms with van der Waals surface area (Å²) in [5.41, 5.74) is 2.38. The molecule has 0 aliphatic rings. The van der Waals surface area contributed by atoms with Gasteiger partial charge in [-0.15, -0.1) is 0 Å². The summed E-state index contributed by atoms with van der Waals surface area (Å²) in [5, 5.41) is 30.5. The number of carbonyl (C=O) groups excluding carboxylic acids is 1. The monoisotopic (exact) mass is 520 g/mol. The van der Waals surface area contributed by atoms with Crippen molar-refractivity contribution in [3.8, 4) is 11.5 Å². The Bertz CT molecular complexity index is 1100. The van der Waals surface area contributed by atoms with Gasteiger partial charge in [0.15, 0.2) is 0 Å². The third kappa shape index (κ3) is 9.13. The van der Waals surface area contributed by atoms with Gasteiger partial charge in [-0.3, -0.25) is 15.1 Å². The topological polar surface area (TPSA) is 116 Å². The van der Waals surface area contributed by atoms with Crippen molar-refractivity contribution in [2.24, 2.45) is 0 Å². The van der Waals surface area contributed by atoms with Crippen LogP contribution < -0.4 is 20.7 Å². The molecule has 0 radical (unpaired) electrons. The zero-order valence-corrected chi connectivity index (χ0v) is 22.3. The Balaban J connectivity index is 1.58. The number of methoxy groups -OCH3 is 1. The summed E-state index contributed by atoms with van der Waals surface area (Å²) in [7, 11) is 1.47. The standard InChI is InChI=1S/C30H40N4O4/c1-3-8-25(34-28(36)21-32-19-22-15-17-31-18-16-22)14-13-24(23-9-5-4-6-10-23)20-33-30(37)29-26(35)11-7-12-27(29)38-2/h4-7,9-12,15-18,24-25,28,32,34-36H,3,8,13-14,19-21H2,1-2H3,(H,33,37)/t24-,25-,28-/m1/s1. The maximum Gasteiger partial charge on any atom is 0.258 e. The van der Waals surface area contributed by atoms with Gasteiger partial charge in [-0.05, 0) is 54.7 Å². The SMILES string of the molecule is CCC[C@H](CC[C@H](CNC(=O)c1c(O)cccc1OC)c1ccccc1)N[C@H](O)CNCc1ccncc1. The van der Waals surface area contributed by atoms with Crippen LogP contribution in [-0.4, -0.2) is 53.6 Å². The Hall–Kier alpha value is -3.46. The maximum atomic E-state index is 13.0. The molecule has 1 amide bonds. The minimum absolute atomic E-state index is 0.0696. The highest BCUT2D eigenvalue weighted by atomic mass is 16.5. The van der Waals surface area contributed by atoms with Crippen LogP contribution in [0.3, 0.4) is 0 Å². The molecule has 0 saturated carbocycles. The van der Waals surface area contributed by atoms with Gasteiger partial charge in [0, 0.05) is 44.0 Å². The number of phenolic OH excluding ortho intramolecular Hbond substituents is 1. The average molecular weight is 521 g/mol. The van der Waals surface area contributed by atoms with Gasteiger partial charge in [0.2, 0.25) is 0 Å². The number of aromatic hydroxyl groups is 1. The fourth-order valence-electron chi connectivity index (χ4n) is 4.58. The highest BCUT2D eigenvalue weighted by Gasteiger charge is 2.21. The van der Waals surface area contributed by atoms with Crippen molar-refractivity contribution in [2.45, 2.75) is 57.3 Å². The number of ether oxygens (including phenoxy) is 1. The fourth-order valence-corrected chi connectivity index (χ4v) is 4.58. The van der Waals surface area contributed by atoms with E-state index in [1.165, 1.54) is 13.2 Å². The number of rotatable bonds is 16. The van der Waals surface area contributed by atoms with E-state index in [4.69, 9.17) is 4.74 Å². The Morgan fingerprint density at radius 3 is 2.45 bits per heavy atom. The Morgan fingerprint density at radius 2 is 1.74 bits per heavy atom. The van der Waals surface area contributed by atoms with Gasteiger partial charge >= 0.3 is 0 Å². The van der Waals surface area contributed by atoms with Gasteiger partial charge in [-0.1, -0.05) is 49.7 Å². The number of hydrogen-bond acceptors (Lipinski definition) is 7. The number of carbonyl (C=O) groups is 1. The van der Waals surface area contributed by atoms with Crippen LogP contribution in [0.4, 0.5) is 0 Å². The summed E-state index contributed by atoms with van der Waals surface area (Å²) < 4.78 is 5.27. The first kappa shape index (κ1) is 29.1. The summed E-state index contributed by atoms with van der Waals surface area (Å²) in [6, 6.07) is 18.9. The van der Waals surface area contributed by atoms with Crippen LogP contribution in [0.15, 0.2) is 73.1 Å². The number of benzene rings is 2. The van der Waals surface area contributed by atoms with E-state index in [-0.39, 0.29) is 29.2 Å². The highest BCUT2D eigenvalue weighted by Crippen LogP contribution is 2.28. The van der Waals surface area contributed by atoms with Gasteiger partial charge in [0.25, 0.3) is 5.91 Å². The van der Waals surface area contributed by atoms with E-state index in [2.05, 4.69) is 40.0 Å². The predicted molar refractivity (Wildman–Crippen MR) is 149 cm³/mol. The molecule has 8 heteroatoms. The molecule has 0 unspecified atom stereocenters. The van der Waals surface area contributed by atoms with E-state index in [0.717, 1.165) is 36.8 Å². The molecule has 0 bridgehead atoms. The molecule has 3 aromatic rings. The molecule has 38 heavy (non-hydrogen) atoms. The number of hydrogen-bond donors (Lipinski definition) is 5. The summed E-state index contributed by atoms with van der Waals surface area (Å²) >= 11 is 0. The molecule has 0 aliphatic heterocycles. The smallest absolute Gasteiger partial charge is 0.258 e. The number of aromatic nitrogens is 1. The summed E-state index contributed by atoms with van der Waals surface area (Å²) in [4.78, 5) is 17.0. The first-order valence-electron chi connectivity index (χ1n) is 13.2. The van der Waals surface area contributed by atoms with Crippen LogP contribution >= 0.6 is 0 Å². The van der Waals surface area contributed by atoms with Crippen molar-refractivity contribution in [1.82, 2.24) is 20.9 Å². The minimum atomic E-state index is -0.670. The lowest BCUT2D eigenvalue weighted by Gasteiger charge is -2.25. The van der Waals surface area contributed by atoms with Crippen molar-refractivity contribution in [3.05, 3.63) is 89.7 Å². The molecule has 8 nitrogen and oxygen atoms in total. The summed E-state index contributed by atoms with van der Waals surface area (Å²) in [6.07, 6.45) is 6.43. The van der Waals surface area contributed by atoms with Crippen LogP contribution in [-0.2, 0) is 6.54 Å². The average Bonchev–Trinajstić information content (AvgIpc) is 2.93. The van der Waals surface area contributed by atoms with E-state index >= 15 is 0 Å². The Labute approximate surface area is 225 Å². The zero-order chi connectivity index (χ0) is 27.2. The molecule has 1 heterocycles. The highest BCUT2D eigenvalue weighted by molar-refractivity contribution is 5.99. The lowest BCUT2D eigenvalue weighted by atomic mass is 9.91. The Morgan fingerprint density at radius 1 is 0.974 bits per heavy atom. The molecular formula is C30H40N4O4. The van der Waals surface area contributed by atoms with Crippen molar-refractivity contribution >= 4 is 5.91 Å². The number of amides is 1. The van der Waals surface area contributed by atoms with E-state index in [1.807, 2.05) is 30.3 Å². The van der Waals surface area contributed by atoms with Gasteiger partial charge in [-0.25, -0.2) is 0 Å². The normalized spacial score (nSPS) is 13.4. The number of pyridine rings is 1. The van der Waals surface area contributed by atoms with Crippen molar-refractivity contribution in [1.29, 1.82) is 0 Å². The predicted octanol–water partition coefficient (Wildman–Crippen LogP) is 3.96. The summed E-state index contributed by atoms with van der Waals surface area (Å²) in [6.45, 7) is 3.65. The quantitative estimate of drug-likeness (QED) is 0.182. The number of phenols is 1. The second kappa shape index (κ2) is 15.7. The van der Waals surface area contributed by atoms with Crippen LogP contribution in [0.5, 0.6) is 11.5 Å². The Kier molecular flexibility index (Phi) is 12.0. The van der Waals surface area contributed by atoms with Gasteiger partial charge in [-0.2, -0.15) is 0 Å². The van der Waals surface area contributed by atoms with Crippen LogP contribution in [0.25, 0.3) is 0 Å². The molecule has 2 aromatic carbocycles. The molecule has 0 aliphatic carbocycles. The first-order chi connectivity index (χ1) is 18.5. The lowest BCUT2D eigenvalue weighted by Crippen LogP contribution is -2.44. The molecule has 0 spiro atoms. The van der Waals surface area contributed by atoms with E-state index in [9.17, 15) is 15.0 Å². The molecular weight excluding hydrogens is 480 g/mol. The maximum absolute atomic E-state index is 13.0. The third-order valence-electron chi connectivity index (χ3n) is 6.58. The second-order valence-electron chi connectivity index (χ2n) is 9.40. The molecule has 3 rings (SSSR count). The van der Waals surface area contributed by atoms with Gasteiger partial charge in [0.05, 0.1) is 7.11 Å². The summed E-state index contributed by atoms with van der Waals surface area (Å²) in [5.74, 6) is -0.0886. The van der Waals surface area contributed by atoms with Gasteiger partial charge in [0.1, 0.15) is 23.3 Å². The lowest BCUT2D eigenvalue weighted by molar-refractivity contribution is 0.0944. The van der Waals surface area contributed by atoms with Crippen molar-refractivity contribution in [2.75, 3.05) is 20.2 Å². The number of aliphatic hydroxyl groups is 1.